The number of morpholine rings is 1. The number of hydrogen-bond donors (Lipinski definition) is 2. The first-order valence-corrected chi connectivity index (χ1v) is 13.9. The van der Waals surface area contributed by atoms with Crippen LogP contribution in [0.4, 0.5) is 22.0 Å². The molecule has 4 heterocycles. The van der Waals surface area contributed by atoms with Crippen LogP contribution in [0.15, 0.2) is 60.8 Å². The summed E-state index contributed by atoms with van der Waals surface area (Å²) in [5.74, 6) is 1.55. The van der Waals surface area contributed by atoms with Gasteiger partial charge in [0, 0.05) is 75.0 Å². The molecular formula is C30H34N8O3. The Balaban J connectivity index is 1.10. The lowest BCUT2D eigenvalue weighted by molar-refractivity contribution is 0.0664. The van der Waals surface area contributed by atoms with Crippen LogP contribution in [-0.4, -0.2) is 95.8 Å². The molecule has 2 fully saturated rings. The first-order valence-electron chi connectivity index (χ1n) is 13.9. The molecule has 41 heavy (non-hydrogen) atoms. The van der Waals surface area contributed by atoms with Crippen LogP contribution in [0.1, 0.15) is 10.4 Å². The van der Waals surface area contributed by atoms with Crippen molar-refractivity contribution < 1.29 is 14.3 Å². The fraction of sp³-hybridized carbons (Fsp3) is 0.333. The maximum Gasteiger partial charge on any atom is 0.323 e. The highest BCUT2D eigenvalue weighted by molar-refractivity contribution is 6.00. The van der Waals surface area contributed by atoms with Crippen LogP contribution in [0.25, 0.3) is 22.4 Å². The van der Waals surface area contributed by atoms with Crippen molar-refractivity contribution in [2.75, 3.05) is 75.1 Å². The summed E-state index contributed by atoms with van der Waals surface area (Å²) in [6.07, 6.45) is 2.00. The molecule has 2 N–H and O–H groups in total. The van der Waals surface area contributed by atoms with E-state index in [9.17, 15) is 9.59 Å². The number of hydrogen-bond acceptors (Lipinski definition) is 7. The van der Waals surface area contributed by atoms with E-state index in [1.165, 1.54) is 0 Å². The summed E-state index contributed by atoms with van der Waals surface area (Å²) in [7, 11) is 4.06. The number of piperazine rings is 1. The second-order valence-corrected chi connectivity index (χ2v) is 10.5. The highest BCUT2D eigenvalue weighted by atomic mass is 16.5. The normalized spacial score (nSPS) is 16.1. The Morgan fingerprint density at radius 3 is 2.07 bits per heavy atom. The molecule has 0 saturated carbocycles. The van der Waals surface area contributed by atoms with E-state index in [2.05, 4.69) is 32.0 Å². The predicted octanol–water partition coefficient (Wildman–Crippen LogP) is 3.50. The average Bonchev–Trinajstić information content (AvgIpc) is 3.38. The summed E-state index contributed by atoms with van der Waals surface area (Å²) < 4.78 is 7.58. The van der Waals surface area contributed by atoms with E-state index in [-0.39, 0.29) is 11.9 Å². The number of carbonyl (C=O) groups is 2. The summed E-state index contributed by atoms with van der Waals surface area (Å²) >= 11 is 0. The zero-order valence-electron chi connectivity index (χ0n) is 23.3. The van der Waals surface area contributed by atoms with Gasteiger partial charge in [-0.2, -0.15) is 0 Å². The number of aromatic nitrogens is 3. The van der Waals surface area contributed by atoms with E-state index < -0.39 is 0 Å². The third-order valence-electron chi connectivity index (χ3n) is 7.59. The number of nitrogens with one attached hydrogen (secondary N) is 2. The van der Waals surface area contributed by atoms with Gasteiger partial charge in [0.15, 0.2) is 11.6 Å². The number of urea groups is 1. The SMILES string of the molecule is CN1CCN(C(=O)c2ccc(NC(=O)Nc3ccc(-c4nc(N5CCOCC5)c5c(ccn5C)n4)cc3)cc2)CC1. The summed E-state index contributed by atoms with van der Waals surface area (Å²) in [4.78, 5) is 41.5. The quantitative estimate of drug-likeness (QED) is 0.389. The molecular weight excluding hydrogens is 520 g/mol. The molecule has 11 heteroatoms. The van der Waals surface area contributed by atoms with Gasteiger partial charge in [-0.15, -0.1) is 0 Å². The average molecular weight is 555 g/mol. The standard InChI is InChI=1S/C30H34N8O3/c1-35-13-15-38(16-14-35)29(39)22-5-9-24(10-6-22)32-30(40)31-23-7-3-21(4-8-23)27-33-25-11-12-36(2)26(25)28(34-27)37-17-19-41-20-18-37/h3-12H,13-20H2,1-2H3,(H2,31,32,40). The molecule has 2 aromatic heterocycles. The van der Waals surface area contributed by atoms with Crippen LogP contribution < -0.4 is 15.5 Å². The van der Waals surface area contributed by atoms with Crippen molar-refractivity contribution in [3.63, 3.8) is 0 Å². The summed E-state index contributed by atoms with van der Waals surface area (Å²) in [6, 6.07) is 16.1. The Labute approximate surface area is 238 Å². The minimum absolute atomic E-state index is 0.0154. The fourth-order valence-electron chi connectivity index (χ4n) is 5.18. The second-order valence-electron chi connectivity index (χ2n) is 10.5. The Morgan fingerprint density at radius 1 is 0.780 bits per heavy atom. The first-order chi connectivity index (χ1) is 19.9. The predicted molar refractivity (Wildman–Crippen MR) is 159 cm³/mol. The number of nitrogens with zero attached hydrogens (tertiary/aromatic N) is 6. The van der Waals surface area contributed by atoms with Crippen molar-refractivity contribution in [1.29, 1.82) is 0 Å². The third kappa shape index (κ3) is 5.86. The lowest BCUT2D eigenvalue weighted by atomic mass is 10.1. The van der Waals surface area contributed by atoms with E-state index in [1.54, 1.807) is 24.3 Å². The molecule has 11 nitrogen and oxygen atoms in total. The van der Waals surface area contributed by atoms with Crippen molar-refractivity contribution in [3.8, 4) is 11.4 Å². The number of anilines is 3. The van der Waals surface area contributed by atoms with Gasteiger partial charge in [0.25, 0.3) is 5.91 Å². The van der Waals surface area contributed by atoms with Crippen molar-refractivity contribution in [2.45, 2.75) is 0 Å². The van der Waals surface area contributed by atoms with Crippen molar-refractivity contribution in [3.05, 3.63) is 66.4 Å². The lowest BCUT2D eigenvalue weighted by Gasteiger charge is -2.32. The second kappa shape index (κ2) is 11.6. The molecule has 2 aromatic carbocycles. The third-order valence-corrected chi connectivity index (χ3v) is 7.59. The molecule has 6 rings (SSSR count). The van der Waals surface area contributed by atoms with Gasteiger partial charge in [0.2, 0.25) is 0 Å². The molecule has 212 valence electrons. The van der Waals surface area contributed by atoms with E-state index >= 15 is 0 Å². The van der Waals surface area contributed by atoms with Crippen molar-refractivity contribution in [1.82, 2.24) is 24.3 Å². The molecule has 0 unspecified atom stereocenters. The van der Waals surface area contributed by atoms with E-state index in [1.807, 2.05) is 48.5 Å². The van der Waals surface area contributed by atoms with Crippen LogP contribution in [0.5, 0.6) is 0 Å². The van der Waals surface area contributed by atoms with E-state index in [0.717, 1.165) is 61.7 Å². The maximum absolute atomic E-state index is 12.8. The highest BCUT2D eigenvalue weighted by Crippen LogP contribution is 2.29. The number of benzene rings is 2. The Morgan fingerprint density at radius 2 is 1.41 bits per heavy atom. The Bertz CT molecular complexity index is 1540. The first kappa shape index (κ1) is 26.7. The fourth-order valence-corrected chi connectivity index (χ4v) is 5.18. The lowest BCUT2D eigenvalue weighted by Crippen LogP contribution is -2.47. The Hall–Kier alpha value is -4.48. The van der Waals surface area contributed by atoms with Crippen LogP contribution >= 0.6 is 0 Å². The monoisotopic (exact) mass is 554 g/mol. The number of ether oxygens (including phenoxy) is 1. The molecule has 0 atom stereocenters. The summed E-state index contributed by atoms with van der Waals surface area (Å²) in [5, 5.41) is 5.69. The van der Waals surface area contributed by atoms with Crippen molar-refractivity contribution >= 4 is 40.2 Å². The van der Waals surface area contributed by atoms with Gasteiger partial charge in [0.1, 0.15) is 5.52 Å². The zero-order chi connectivity index (χ0) is 28.3. The van der Waals surface area contributed by atoms with Crippen LogP contribution in [0.2, 0.25) is 0 Å². The van der Waals surface area contributed by atoms with Gasteiger partial charge in [-0.3, -0.25) is 4.79 Å². The smallest absolute Gasteiger partial charge is 0.323 e. The van der Waals surface area contributed by atoms with Crippen LogP contribution in [0.3, 0.4) is 0 Å². The molecule has 0 radical (unpaired) electrons. The van der Waals surface area contributed by atoms with Gasteiger partial charge in [-0.05, 0) is 61.6 Å². The van der Waals surface area contributed by atoms with Crippen LogP contribution in [-0.2, 0) is 11.8 Å². The molecule has 4 aromatic rings. The minimum Gasteiger partial charge on any atom is -0.378 e. The largest absolute Gasteiger partial charge is 0.378 e. The van der Waals surface area contributed by atoms with Gasteiger partial charge in [0.05, 0.1) is 18.7 Å². The van der Waals surface area contributed by atoms with Crippen LogP contribution in [0, 0.1) is 0 Å². The Kier molecular flexibility index (Phi) is 7.53. The van der Waals surface area contributed by atoms with Gasteiger partial charge >= 0.3 is 6.03 Å². The molecule has 2 aliphatic rings. The number of rotatable bonds is 5. The van der Waals surface area contributed by atoms with E-state index in [4.69, 9.17) is 14.7 Å². The molecule has 2 aliphatic heterocycles. The molecule has 0 bridgehead atoms. The van der Waals surface area contributed by atoms with E-state index in [0.29, 0.717) is 36.0 Å². The number of aryl methyl sites for hydroxylation is 1. The molecule has 3 amide bonds. The summed E-state index contributed by atoms with van der Waals surface area (Å²) in [5.41, 5.74) is 4.61. The van der Waals surface area contributed by atoms with Gasteiger partial charge < -0.3 is 34.6 Å². The highest BCUT2D eigenvalue weighted by Gasteiger charge is 2.21. The number of likely N-dealkylation sites (N-methyl/N-ethyl adjacent to an activating group) is 1. The van der Waals surface area contributed by atoms with Gasteiger partial charge in [-0.1, -0.05) is 0 Å². The number of fused-ring (bicyclic) bond motifs is 1. The maximum atomic E-state index is 12.8. The molecule has 0 spiro atoms. The zero-order valence-corrected chi connectivity index (χ0v) is 23.3. The minimum atomic E-state index is -0.368. The molecule has 2 saturated heterocycles. The number of carbonyl (C=O) groups excluding carboxylic acids is 2. The summed E-state index contributed by atoms with van der Waals surface area (Å²) in [6.45, 7) is 6.10. The topological polar surface area (TPSA) is 108 Å². The van der Waals surface area contributed by atoms with Crippen molar-refractivity contribution in [2.24, 2.45) is 7.05 Å². The number of amides is 3. The molecule has 0 aliphatic carbocycles. The van der Waals surface area contributed by atoms with Gasteiger partial charge in [-0.25, -0.2) is 14.8 Å².